The van der Waals surface area contributed by atoms with Crippen molar-refractivity contribution in [2.75, 3.05) is 13.1 Å². The van der Waals surface area contributed by atoms with Gasteiger partial charge < -0.3 is 74.9 Å². The maximum atomic E-state index is 14.4. The number of hydrogen-bond donors (Lipinski definition) is 14. The first-order chi connectivity index (χ1) is 36.2. The van der Waals surface area contributed by atoms with Gasteiger partial charge in [0.1, 0.15) is 48.0 Å². The lowest BCUT2D eigenvalue weighted by atomic mass is 9.96. The van der Waals surface area contributed by atoms with Gasteiger partial charge in [-0.1, -0.05) is 94.2 Å². The number of aromatic nitrogens is 2. The molecule has 8 amide bonds. The number of guanidine groups is 1. The fraction of sp³-hybridized carbons (Fsp3) is 0.635. The lowest BCUT2D eigenvalue weighted by Gasteiger charge is -2.29. The Balaban J connectivity index is 2.40. The van der Waals surface area contributed by atoms with E-state index >= 15 is 0 Å². The van der Waals surface area contributed by atoms with Crippen LogP contribution in [-0.2, 0) is 56.0 Å². The molecule has 1 heterocycles. The molecule has 0 fully saturated rings. The number of carbonyl (C=O) groups excluding carboxylic acids is 8. The molecule has 10 unspecified atom stereocenters. The second-order valence-electron chi connectivity index (χ2n) is 20.8. The SMILES string of the molecule is CCC(C)C(NC(=O)C(CCCN=C(N)N)NC(=O)C(N)C(C)C)C(=O)NCC(=O)NC(Cc1cnc[nH]1)C(=O)NC(CC(C)C)C(=O)NC(Cc1ccc(O)cc1)C(=O)NC(C(=O)NC(CC(C)C)C(=O)O)C(C)CC. The van der Waals surface area contributed by atoms with E-state index in [9.17, 15) is 53.4 Å². The number of phenolic OH excluding ortho intramolecular Hbond substituents is 1. The highest BCUT2D eigenvalue weighted by atomic mass is 16.4. The lowest BCUT2D eigenvalue weighted by Crippen LogP contribution is -2.60. The van der Waals surface area contributed by atoms with Gasteiger partial charge in [0.25, 0.3) is 0 Å². The van der Waals surface area contributed by atoms with Crippen LogP contribution in [-0.4, -0.2) is 141 Å². The van der Waals surface area contributed by atoms with E-state index in [1.807, 2.05) is 13.8 Å². The highest BCUT2D eigenvalue weighted by Gasteiger charge is 2.36. The van der Waals surface area contributed by atoms with Crippen LogP contribution >= 0.6 is 0 Å². The van der Waals surface area contributed by atoms with Crippen molar-refractivity contribution in [3.63, 3.8) is 0 Å². The number of nitrogens with one attached hydrogen (secondary N) is 9. The average Bonchev–Trinajstić information content (AvgIpc) is 3.88. The number of rotatable bonds is 34. The van der Waals surface area contributed by atoms with Crippen molar-refractivity contribution < 1.29 is 53.4 Å². The van der Waals surface area contributed by atoms with Gasteiger partial charge in [0.15, 0.2) is 5.96 Å². The van der Waals surface area contributed by atoms with Crippen LogP contribution in [0.25, 0.3) is 0 Å². The van der Waals surface area contributed by atoms with E-state index in [1.54, 1.807) is 67.5 Å². The Morgan fingerprint density at radius 2 is 1.12 bits per heavy atom. The molecule has 0 radical (unpaired) electrons. The minimum atomic E-state index is -1.36. The van der Waals surface area contributed by atoms with E-state index in [-0.39, 0.29) is 68.1 Å². The van der Waals surface area contributed by atoms with Gasteiger partial charge in [-0.05, 0) is 73.0 Å². The third-order valence-corrected chi connectivity index (χ3v) is 12.9. The summed E-state index contributed by atoms with van der Waals surface area (Å²) in [5.41, 5.74) is 17.9. The van der Waals surface area contributed by atoms with Gasteiger partial charge in [-0.15, -0.1) is 0 Å². The van der Waals surface area contributed by atoms with Crippen LogP contribution in [0.5, 0.6) is 5.75 Å². The third kappa shape index (κ3) is 23.6. The molecule has 25 heteroatoms. The van der Waals surface area contributed by atoms with E-state index in [0.717, 1.165) is 0 Å². The van der Waals surface area contributed by atoms with Crippen LogP contribution in [0.2, 0.25) is 0 Å². The number of nitrogens with zero attached hydrogens (tertiary/aromatic N) is 2. The number of nitrogens with two attached hydrogens (primary N) is 3. The zero-order valence-electron chi connectivity index (χ0n) is 46.2. The number of carboxylic acid groups (broad SMARTS) is 1. The van der Waals surface area contributed by atoms with Crippen LogP contribution in [0.4, 0.5) is 0 Å². The van der Waals surface area contributed by atoms with Crippen LogP contribution in [0.15, 0.2) is 41.8 Å². The molecule has 0 saturated heterocycles. The maximum absolute atomic E-state index is 14.4. The molecule has 10 atom stereocenters. The van der Waals surface area contributed by atoms with Gasteiger partial charge in [-0.3, -0.25) is 43.3 Å². The number of carbonyl (C=O) groups is 9. The smallest absolute Gasteiger partial charge is 0.326 e. The topological polar surface area (TPSA) is 409 Å². The Morgan fingerprint density at radius 3 is 1.64 bits per heavy atom. The van der Waals surface area contributed by atoms with E-state index in [2.05, 4.69) is 57.5 Å². The Labute approximate surface area is 451 Å². The minimum absolute atomic E-state index is 0.0477. The van der Waals surface area contributed by atoms with E-state index in [1.165, 1.54) is 24.7 Å². The summed E-state index contributed by atoms with van der Waals surface area (Å²) in [5.74, 6) is -8.78. The highest BCUT2D eigenvalue weighted by molar-refractivity contribution is 5.97. The molecule has 25 nitrogen and oxygen atoms in total. The van der Waals surface area contributed by atoms with Crippen molar-refractivity contribution >= 4 is 59.2 Å². The normalized spacial score (nSPS) is 15.2. The van der Waals surface area contributed by atoms with Gasteiger partial charge in [-0.25, -0.2) is 9.78 Å². The summed E-state index contributed by atoms with van der Waals surface area (Å²) in [4.78, 5) is 134. The third-order valence-electron chi connectivity index (χ3n) is 12.9. The predicted octanol–water partition coefficient (Wildman–Crippen LogP) is -0.284. The molecule has 1 aromatic carbocycles. The number of imidazole rings is 1. The van der Waals surface area contributed by atoms with Crippen molar-refractivity contribution in [2.24, 2.45) is 51.8 Å². The van der Waals surface area contributed by atoms with Crippen molar-refractivity contribution in [1.29, 1.82) is 0 Å². The number of hydrogen-bond acceptors (Lipinski definition) is 13. The molecule has 0 spiro atoms. The number of benzene rings is 1. The molecule has 0 aliphatic rings. The van der Waals surface area contributed by atoms with Crippen LogP contribution in [0.3, 0.4) is 0 Å². The quantitative estimate of drug-likeness (QED) is 0.0243. The van der Waals surface area contributed by atoms with E-state index in [4.69, 9.17) is 17.2 Å². The number of aliphatic carboxylic acids is 1. The number of aromatic hydroxyl groups is 1. The summed E-state index contributed by atoms with van der Waals surface area (Å²) < 4.78 is 0. The molecular weight excluding hydrogens is 997 g/mol. The number of aromatic amines is 1. The first kappa shape index (κ1) is 65.8. The zero-order valence-corrected chi connectivity index (χ0v) is 46.2. The Bertz CT molecular complexity index is 2270. The Kier molecular flexibility index (Phi) is 28.2. The van der Waals surface area contributed by atoms with Gasteiger partial charge >= 0.3 is 5.97 Å². The van der Waals surface area contributed by atoms with Crippen molar-refractivity contribution in [1.82, 2.24) is 52.5 Å². The van der Waals surface area contributed by atoms with Gasteiger partial charge in [0.2, 0.25) is 47.3 Å². The molecule has 2 rings (SSSR count). The standard InChI is InChI=1S/C52H86N14O11/c1-11-30(9)42(65-44(69)35(14-13-19-57-52(54)55)61-48(73)41(53)29(7)8)49(74)58-25-40(68)60-38(23-33-24-56-26-59-33)46(71)62-36(20-27(3)4)45(70)63-37(22-32-15-17-34(67)18-16-32)47(72)66-43(31(10)12-2)50(75)64-39(51(76)77)21-28(5)6/h15-18,24,26-31,35-39,41-43,67H,11-14,19-23,25,53H2,1-10H3,(H,56,59)(H,58,74)(H,60,68)(H,61,73)(H,62,71)(H,63,70)(H,64,75)(H,65,69)(H,66,72)(H,76,77)(H4,54,55,57). The van der Waals surface area contributed by atoms with Gasteiger partial charge in [0.05, 0.1) is 18.9 Å². The van der Waals surface area contributed by atoms with Gasteiger partial charge in [-0.2, -0.15) is 0 Å². The molecule has 1 aromatic heterocycles. The number of amides is 8. The average molecular weight is 1080 g/mol. The Hall–Kier alpha value is -7.31. The summed E-state index contributed by atoms with van der Waals surface area (Å²) >= 11 is 0. The van der Waals surface area contributed by atoms with Crippen molar-refractivity contribution in [2.45, 2.75) is 169 Å². The number of carboxylic acids is 1. The maximum Gasteiger partial charge on any atom is 0.326 e. The second kappa shape index (κ2) is 33.0. The molecule has 0 saturated carbocycles. The summed E-state index contributed by atoms with van der Waals surface area (Å²) in [6.07, 6.45) is 3.96. The monoisotopic (exact) mass is 1080 g/mol. The first-order valence-corrected chi connectivity index (χ1v) is 26.4. The largest absolute Gasteiger partial charge is 0.508 e. The molecular formula is C52H86N14O11. The number of phenols is 1. The summed E-state index contributed by atoms with van der Waals surface area (Å²) in [6.45, 7) is 17.3. The molecule has 2 aromatic rings. The van der Waals surface area contributed by atoms with E-state index < -0.39 is 120 Å². The zero-order chi connectivity index (χ0) is 58.1. The van der Waals surface area contributed by atoms with Gasteiger partial charge in [0, 0.05) is 31.3 Å². The van der Waals surface area contributed by atoms with Crippen LogP contribution in [0, 0.1) is 29.6 Å². The van der Waals surface area contributed by atoms with Crippen LogP contribution in [0.1, 0.15) is 119 Å². The lowest BCUT2D eigenvalue weighted by molar-refractivity contribution is -0.143. The summed E-state index contributed by atoms with van der Waals surface area (Å²) in [7, 11) is 0. The molecule has 430 valence electrons. The number of aliphatic imine (C=N–C) groups is 1. The highest BCUT2D eigenvalue weighted by Crippen LogP contribution is 2.16. The second-order valence-corrected chi connectivity index (χ2v) is 20.8. The molecule has 0 aliphatic carbocycles. The van der Waals surface area contributed by atoms with Crippen molar-refractivity contribution in [3.05, 3.63) is 48.0 Å². The Morgan fingerprint density at radius 1 is 0.623 bits per heavy atom. The summed E-state index contributed by atoms with van der Waals surface area (Å²) in [5, 5.41) is 41.1. The van der Waals surface area contributed by atoms with Crippen molar-refractivity contribution in [3.8, 4) is 5.75 Å². The first-order valence-electron chi connectivity index (χ1n) is 26.4. The van der Waals surface area contributed by atoms with E-state index in [0.29, 0.717) is 30.5 Å². The fourth-order valence-corrected chi connectivity index (χ4v) is 7.88. The minimum Gasteiger partial charge on any atom is -0.508 e. The molecule has 17 N–H and O–H groups in total. The molecule has 77 heavy (non-hydrogen) atoms. The van der Waals surface area contributed by atoms with Crippen LogP contribution < -0.4 is 59.7 Å². The predicted molar refractivity (Wildman–Crippen MR) is 289 cm³/mol. The number of H-pyrrole nitrogens is 1. The summed E-state index contributed by atoms with van der Waals surface area (Å²) in [6, 6.07) is -3.76. The molecule has 0 aliphatic heterocycles. The fourth-order valence-electron chi connectivity index (χ4n) is 7.88. The molecule has 0 bridgehead atoms.